The number of thiazole rings is 1. The molecule has 3 heterocycles. The summed E-state index contributed by atoms with van der Waals surface area (Å²) >= 11 is 1.48. The summed E-state index contributed by atoms with van der Waals surface area (Å²) in [7, 11) is 0. The number of morpholine rings is 1. The molecule has 8 heteroatoms. The highest BCUT2D eigenvalue weighted by molar-refractivity contribution is 7.17. The Labute approximate surface area is 162 Å². The second kappa shape index (κ2) is 7.46. The highest BCUT2D eigenvalue weighted by Crippen LogP contribution is 2.40. The Bertz CT molecular complexity index is 913. The Morgan fingerprint density at radius 1 is 1.19 bits per heavy atom. The van der Waals surface area contributed by atoms with E-state index >= 15 is 0 Å². The number of aryl methyl sites for hydroxylation is 1. The molecule has 0 amide bonds. The van der Waals surface area contributed by atoms with Gasteiger partial charge in [-0.05, 0) is 38.5 Å². The van der Waals surface area contributed by atoms with Gasteiger partial charge in [0.25, 0.3) is 0 Å². The Balaban J connectivity index is 1.74. The predicted molar refractivity (Wildman–Crippen MR) is 104 cm³/mol. The summed E-state index contributed by atoms with van der Waals surface area (Å²) in [5, 5.41) is 15.1. The van der Waals surface area contributed by atoms with E-state index in [1.54, 1.807) is 0 Å². The van der Waals surface area contributed by atoms with Crippen LogP contribution in [0.4, 0.5) is 0 Å². The van der Waals surface area contributed by atoms with E-state index in [0.29, 0.717) is 24.0 Å². The zero-order chi connectivity index (χ0) is 19.0. The van der Waals surface area contributed by atoms with Crippen molar-refractivity contribution >= 4 is 16.3 Å². The molecule has 27 heavy (non-hydrogen) atoms. The molecule has 1 fully saturated rings. The van der Waals surface area contributed by atoms with Crippen molar-refractivity contribution in [3.63, 3.8) is 0 Å². The minimum Gasteiger partial charge on any atom is -0.492 e. The molecule has 1 atom stereocenters. The summed E-state index contributed by atoms with van der Waals surface area (Å²) < 4.78 is 12.8. The van der Waals surface area contributed by atoms with Crippen molar-refractivity contribution in [2.75, 3.05) is 26.3 Å². The number of nitrogens with zero attached hydrogens (tertiary/aromatic N) is 4. The summed E-state index contributed by atoms with van der Waals surface area (Å²) in [5.41, 5.74) is 1.10. The molecule has 1 aromatic carbocycles. The molecular formula is C19H24N4O3S. The highest BCUT2D eigenvalue weighted by Gasteiger charge is 2.30. The minimum atomic E-state index is -0.0733. The van der Waals surface area contributed by atoms with E-state index in [9.17, 15) is 5.11 Å². The minimum absolute atomic E-state index is 0.0733. The van der Waals surface area contributed by atoms with Gasteiger partial charge in [-0.3, -0.25) is 4.90 Å². The van der Waals surface area contributed by atoms with Gasteiger partial charge < -0.3 is 14.6 Å². The Hall–Kier alpha value is -2.16. The lowest BCUT2D eigenvalue weighted by Crippen LogP contribution is -2.39. The summed E-state index contributed by atoms with van der Waals surface area (Å²) in [4.78, 5) is 8.30. The van der Waals surface area contributed by atoms with Crippen LogP contribution in [0.5, 0.6) is 11.6 Å². The Morgan fingerprint density at radius 3 is 2.52 bits per heavy atom. The monoisotopic (exact) mass is 388 g/mol. The zero-order valence-corrected chi connectivity index (χ0v) is 16.6. The molecule has 1 N–H and O–H groups in total. The number of aromatic hydroxyl groups is 1. The molecule has 0 aliphatic carbocycles. The molecule has 1 aliphatic rings. The van der Waals surface area contributed by atoms with Gasteiger partial charge >= 0.3 is 0 Å². The van der Waals surface area contributed by atoms with E-state index in [2.05, 4.69) is 27.1 Å². The number of rotatable bonds is 5. The average Bonchev–Trinajstić information content (AvgIpc) is 3.15. The number of hydrogen-bond donors (Lipinski definition) is 1. The largest absolute Gasteiger partial charge is 0.492 e. The summed E-state index contributed by atoms with van der Waals surface area (Å²) in [6.07, 6.45) is 0.134. The van der Waals surface area contributed by atoms with Crippen LogP contribution in [0.1, 0.15) is 36.2 Å². The van der Waals surface area contributed by atoms with Crippen LogP contribution in [0, 0.1) is 6.92 Å². The smallest absolute Gasteiger partial charge is 0.230 e. The van der Waals surface area contributed by atoms with Crippen LogP contribution in [0.3, 0.4) is 0 Å². The standard InChI is InChI=1S/C19H24N4O3S/c1-12(2)26-15-6-4-14(5-7-15)16(22-8-10-25-11-9-22)17-18(24)23-19(27-17)20-13(3)21-23/h4-7,12,16,24H,8-11H2,1-3H3. The lowest BCUT2D eigenvalue weighted by molar-refractivity contribution is 0.0241. The molecule has 3 aromatic rings. The van der Waals surface area contributed by atoms with E-state index in [-0.39, 0.29) is 18.0 Å². The molecule has 1 unspecified atom stereocenters. The van der Waals surface area contributed by atoms with Gasteiger partial charge in [0, 0.05) is 13.1 Å². The SMILES string of the molecule is Cc1nc2sc(C(c3ccc(OC(C)C)cc3)N3CCOCC3)c(O)n2n1. The quantitative estimate of drug-likeness (QED) is 0.724. The first-order valence-electron chi connectivity index (χ1n) is 9.16. The first kappa shape index (κ1) is 18.2. The highest BCUT2D eigenvalue weighted by atomic mass is 32.1. The van der Waals surface area contributed by atoms with Crippen LogP contribution < -0.4 is 4.74 Å². The van der Waals surface area contributed by atoms with Gasteiger partial charge in [0.2, 0.25) is 10.8 Å². The van der Waals surface area contributed by atoms with E-state index < -0.39 is 0 Å². The summed E-state index contributed by atoms with van der Waals surface area (Å²) in [6, 6.07) is 8.04. The normalized spacial score (nSPS) is 16.9. The predicted octanol–water partition coefficient (Wildman–Crippen LogP) is 3.01. The maximum Gasteiger partial charge on any atom is 0.230 e. The van der Waals surface area contributed by atoms with E-state index in [4.69, 9.17) is 9.47 Å². The number of aromatic nitrogens is 3. The van der Waals surface area contributed by atoms with Crippen molar-refractivity contribution in [1.29, 1.82) is 0 Å². The molecule has 1 saturated heterocycles. The van der Waals surface area contributed by atoms with Gasteiger partial charge in [-0.1, -0.05) is 23.5 Å². The van der Waals surface area contributed by atoms with Gasteiger partial charge in [-0.25, -0.2) is 4.98 Å². The third kappa shape index (κ3) is 3.65. The van der Waals surface area contributed by atoms with Crippen molar-refractivity contribution in [2.45, 2.75) is 32.9 Å². The Morgan fingerprint density at radius 2 is 1.89 bits per heavy atom. The van der Waals surface area contributed by atoms with E-state index in [1.165, 1.54) is 15.9 Å². The number of benzene rings is 1. The third-order valence-electron chi connectivity index (χ3n) is 4.53. The van der Waals surface area contributed by atoms with Gasteiger partial charge in [0.1, 0.15) is 11.6 Å². The van der Waals surface area contributed by atoms with Crippen molar-refractivity contribution in [1.82, 2.24) is 19.5 Å². The van der Waals surface area contributed by atoms with Crippen LogP contribution in [-0.4, -0.2) is 57.0 Å². The van der Waals surface area contributed by atoms with Gasteiger partial charge in [0.05, 0.1) is 30.2 Å². The molecule has 0 radical (unpaired) electrons. The van der Waals surface area contributed by atoms with Crippen molar-refractivity contribution in [2.24, 2.45) is 0 Å². The molecule has 144 valence electrons. The third-order valence-corrected chi connectivity index (χ3v) is 5.60. The molecule has 0 spiro atoms. The molecule has 7 nitrogen and oxygen atoms in total. The first-order chi connectivity index (χ1) is 13.0. The number of fused-ring (bicyclic) bond motifs is 1. The molecule has 0 bridgehead atoms. The number of ether oxygens (including phenoxy) is 2. The van der Waals surface area contributed by atoms with E-state index in [1.807, 2.05) is 32.9 Å². The fourth-order valence-corrected chi connectivity index (χ4v) is 4.55. The maximum absolute atomic E-state index is 10.8. The number of hydrogen-bond acceptors (Lipinski definition) is 7. The molecule has 4 rings (SSSR count). The van der Waals surface area contributed by atoms with Crippen molar-refractivity contribution < 1.29 is 14.6 Å². The van der Waals surface area contributed by atoms with Crippen molar-refractivity contribution in [3.05, 3.63) is 40.5 Å². The molecule has 2 aromatic heterocycles. The lowest BCUT2D eigenvalue weighted by atomic mass is 10.0. The average molecular weight is 388 g/mol. The second-order valence-corrected chi connectivity index (χ2v) is 7.94. The Kier molecular flexibility index (Phi) is 5.03. The fourth-order valence-electron chi connectivity index (χ4n) is 3.39. The molecule has 0 saturated carbocycles. The van der Waals surface area contributed by atoms with Gasteiger partial charge in [-0.2, -0.15) is 4.52 Å². The van der Waals surface area contributed by atoms with Crippen molar-refractivity contribution in [3.8, 4) is 11.6 Å². The fraction of sp³-hybridized carbons (Fsp3) is 0.474. The van der Waals surface area contributed by atoms with Gasteiger partial charge in [0.15, 0.2) is 0 Å². The van der Waals surface area contributed by atoms with E-state index in [0.717, 1.165) is 29.3 Å². The maximum atomic E-state index is 10.8. The van der Waals surface area contributed by atoms with Crippen LogP contribution in [0.2, 0.25) is 0 Å². The summed E-state index contributed by atoms with van der Waals surface area (Å²) in [6.45, 7) is 8.84. The summed E-state index contributed by atoms with van der Waals surface area (Å²) in [5.74, 6) is 1.66. The van der Waals surface area contributed by atoms with Crippen LogP contribution in [0.25, 0.3) is 4.96 Å². The first-order valence-corrected chi connectivity index (χ1v) is 9.98. The van der Waals surface area contributed by atoms with Crippen LogP contribution in [0.15, 0.2) is 24.3 Å². The topological polar surface area (TPSA) is 72.1 Å². The molecule has 1 aliphatic heterocycles. The second-order valence-electron chi connectivity index (χ2n) is 6.93. The lowest BCUT2D eigenvalue weighted by Gasteiger charge is -2.34. The van der Waals surface area contributed by atoms with Crippen LogP contribution in [-0.2, 0) is 4.74 Å². The zero-order valence-electron chi connectivity index (χ0n) is 15.8. The van der Waals surface area contributed by atoms with Gasteiger partial charge in [-0.15, -0.1) is 5.10 Å². The molecular weight excluding hydrogens is 364 g/mol. The van der Waals surface area contributed by atoms with Crippen LogP contribution >= 0.6 is 11.3 Å².